The number of nitrogens with one attached hydrogen (secondary N) is 1. The Kier molecular flexibility index (Phi) is 8.08. The number of anilines is 2. The Labute approximate surface area is 221 Å². The molecule has 9 nitrogen and oxygen atoms in total. The first-order chi connectivity index (χ1) is 17.5. The predicted molar refractivity (Wildman–Crippen MR) is 146 cm³/mol. The molecule has 2 aromatic heterocycles. The standard InChI is InChI=1S/C27H40N6O3S/c1-20-11-19-33(27(20,2)3)25-22(8-7-15-28-25)26(34)30-37(35,36)24-10-6-9-23(29-24)32-17-13-21(14-18-32)12-16-31(4)5/h6-10,15,20-21H,11-14,16-19H2,1-5H3,(H,30,34). The summed E-state index contributed by atoms with van der Waals surface area (Å²) in [5, 5.41) is -0.159. The molecule has 2 aliphatic heterocycles. The highest BCUT2D eigenvalue weighted by molar-refractivity contribution is 7.90. The van der Waals surface area contributed by atoms with E-state index < -0.39 is 15.9 Å². The Balaban J connectivity index is 1.47. The summed E-state index contributed by atoms with van der Waals surface area (Å²) in [6.07, 6.45) is 5.89. The molecule has 1 unspecified atom stereocenters. The Morgan fingerprint density at radius 2 is 1.84 bits per heavy atom. The van der Waals surface area contributed by atoms with Crippen LogP contribution in [0.4, 0.5) is 11.6 Å². The highest BCUT2D eigenvalue weighted by Gasteiger charge is 2.40. The summed E-state index contributed by atoms with van der Waals surface area (Å²) in [5.41, 5.74) is 0.0436. The van der Waals surface area contributed by atoms with Crippen LogP contribution in [0.15, 0.2) is 41.6 Å². The van der Waals surface area contributed by atoms with Gasteiger partial charge in [0.2, 0.25) is 0 Å². The summed E-state index contributed by atoms with van der Waals surface area (Å²) in [6, 6.07) is 8.22. The van der Waals surface area contributed by atoms with E-state index in [2.05, 4.69) is 64.3 Å². The van der Waals surface area contributed by atoms with Crippen molar-refractivity contribution in [3.8, 4) is 0 Å². The predicted octanol–water partition coefficient (Wildman–Crippen LogP) is 3.39. The Morgan fingerprint density at radius 3 is 2.49 bits per heavy atom. The summed E-state index contributed by atoms with van der Waals surface area (Å²) in [5.74, 6) is 1.51. The van der Waals surface area contributed by atoms with Gasteiger partial charge in [-0.3, -0.25) is 4.79 Å². The molecule has 1 N–H and O–H groups in total. The number of piperidine rings is 1. The first kappa shape index (κ1) is 27.3. The summed E-state index contributed by atoms with van der Waals surface area (Å²) < 4.78 is 28.7. The van der Waals surface area contributed by atoms with E-state index in [1.807, 2.05) is 6.07 Å². The molecule has 1 amide bonds. The van der Waals surface area contributed by atoms with E-state index in [0.717, 1.165) is 45.4 Å². The molecule has 2 aromatic rings. The summed E-state index contributed by atoms with van der Waals surface area (Å²) in [7, 11) is 0.0130. The summed E-state index contributed by atoms with van der Waals surface area (Å²) in [4.78, 5) is 28.6. The van der Waals surface area contributed by atoms with Gasteiger partial charge in [0.15, 0.2) is 5.03 Å². The van der Waals surface area contributed by atoms with Gasteiger partial charge in [-0.1, -0.05) is 13.0 Å². The van der Waals surface area contributed by atoms with Gasteiger partial charge in [-0.25, -0.2) is 14.7 Å². The maximum Gasteiger partial charge on any atom is 0.281 e. The van der Waals surface area contributed by atoms with Gasteiger partial charge in [0.05, 0.1) is 5.56 Å². The topological polar surface area (TPSA) is 98.7 Å². The fraction of sp³-hybridized carbons (Fsp3) is 0.593. The fourth-order valence-corrected chi connectivity index (χ4v) is 6.18. The number of carbonyl (C=O) groups is 1. The average Bonchev–Trinajstić information content (AvgIpc) is 3.14. The van der Waals surface area contributed by atoms with Gasteiger partial charge in [0.1, 0.15) is 11.6 Å². The molecule has 4 rings (SSSR count). The lowest BCUT2D eigenvalue weighted by molar-refractivity contribution is 0.0981. The maximum absolute atomic E-state index is 13.2. The van der Waals surface area contributed by atoms with E-state index in [-0.39, 0.29) is 16.1 Å². The number of pyridine rings is 2. The van der Waals surface area contributed by atoms with Crippen molar-refractivity contribution in [3.63, 3.8) is 0 Å². The van der Waals surface area contributed by atoms with E-state index in [4.69, 9.17) is 0 Å². The second kappa shape index (κ2) is 10.9. The van der Waals surface area contributed by atoms with Crippen molar-refractivity contribution in [3.05, 3.63) is 42.1 Å². The molecule has 2 saturated heterocycles. The van der Waals surface area contributed by atoms with Crippen LogP contribution < -0.4 is 14.5 Å². The quantitative estimate of drug-likeness (QED) is 0.557. The molecule has 0 aromatic carbocycles. The van der Waals surface area contributed by atoms with Crippen LogP contribution in [0.25, 0.3) is 0 Å². The van der Waals surface area contributed by atoms with Crippen LogP contribution in [0.1, 0.15) is 56.8 Å². The molecule has 1 atom stereocenters. The molecule has 0 radical (unpaired) electrons. The van der Waals surface area contributed by atoms with E-state index in [1.165, 1.54) is 12.5 Å². The molecule has 0 aliphatic carbocycles. The number of amides is 1. The normalized spacial score (nSPS) is 20.4. The molecule has 2 aliphatic rings. The van der Waals surface area contributed by atoms with Gasteiger partial charge in [-0.15, -0.1) is 0 Å². The molecule has 4 heterocycles. The van der Waals surface area contributed by atoms with E-state index in [9.17, 15) is 13.2 Å². The first-order valence-corrected chi connectivity index (χ1v) is 14.6. The molecule has 10 heteroatoms. The van der Waals surface area contributed by atoms with Gasteiger partial charge in [0, 0.05) is 31.4 Å². The second-order valence-corrected chi connectivity index (χ2v) is 12.8. The van der Waals surface area contributed by atoms with Crippen molar-refractivity contribution in [1.82, 2.24) is 19.6 Å². The lowest BCUT2D eigenvalue weighted by Gasteiger charge is -2.36. The SMILES string of the molecule is CC1CCN(c2ncccc2C(=O)NS(=O)(=O)c2cccc(N3CCC(CCN(C)C)CC3)n2)C1(C)C. The molecule has 37 heavy (non-hydrogen) atoms. The third kappa shape index (κ3) is 6.06. The van der Waals surface area contributed by atoms with Crippen LogP contribution in [-0.4, -0.2) is 75.0 Å². The van der Waals surface area contributed by atoms with Crippen LogP contribution in [0, 0.1) is 11.8 Å². The summed E-state index contributed by atoms with van der Waals surface area (Å²) >= 11 is 0. The first-order valence-electron chi connectivity index (χ1n) is 13.2. The van der Waals surface area contributed by atoms with Crippen LogP contribution in [-0.2, 0) is 10.0 Å². The maximum atomic E-state index is 13.2. The van der Waals surface area contributed by atoms with E-state index in [1.54, 1.807) is 24.4 Å². The van der Waals surface area contributed by atoms with Crippen LogP contribution in [0.2, 0.25) is 0 Å². The number of hydrogen-bond donors (Lipinski definition) is 1. The molecule has 2 fully saturated rings. The number of aromatic nitrogens is 2. The Hall–Kier alpha value is -2.72. The summed E-state index contributed by atoms with van der Waals surface area (Å²) in [6.45, 7) is 9.93. The van der Waals surface area contributed by atoms with Crippen LogP contribution in [0.3, 0.4) is 0 Å². The average molecular weight is 529 g/mol. The third-order valence-corrected chi connectivity index (χ3v) is 9.34. The van der Waals surface area contributed by atoms with Crippen molar-refractivity contribution in [2.45, 2.75) is 57.0 Å². The lowest BCUT2D eigenvalue weighted by Crippen LogP contribution is -2.43. The smallest absolute Gasteiger partial charge is 0.281 e. The van der Waals surface area contributed by atoms with Gasteiger partial charge < -0.3 is 14.7 Å². The number of sulfonamides is 1. The fourth-order valence-electron chi connectivity index (χ4n) is 5.25. The van der Waals surface area contributed by atoms with Gasteiger partial charge in [0.25, 0.3) is 15.9 Å². The van der Waals surface area contributed by atoms with Crippen molar-refractivity contribution < 1.29 is 13.2 Å². The van der Waals surface area contributed by atoms with Gasteiger partial charge in [-0.2, -0.15) is 8.42 Å². The molecule has 0 spiro atoms. The zero-order chi connectivity index (χ0) is 26.8. The van der Waals surface area contributed by atoms with Gasteiger partial charge in [-0.05, 0) is 96.3 Å². The molecule has 0 saturated carbocycles. The Morgan fingerprint density at radius 1 is 1.11 bits per heavy atom. The minimum absolute atomic E-state index is 0.159. The van der Waals surface area contributed by atoms with E-state index in [0.29, 0.717) is 23.5 Å². The number of carbonyl (C=O) groups excluding carboxylic acids is 1. The molecule has 202 valence electrons. The number of hydrogen-bond acceptors (Lipinski definition) is 8. The monoisotopic (exact) mass is 528 g/mol. The minimum Gasteiger partial charge on any atom is -0.357 e. The van der Waals surface area contributed by atoms with Crippen molar-refractivity contribution in [1.29, 1.82) is 0 Å². The van der Waals surface area contributed by atoms with Gasteiger partial charge >= 0.3 is 0 Å². The zero-order valence-corrected chi connectivity index (χ0v) is 23.5. The van der Waals surface area contributed by atoms with Crippen molar-refractivity contribution >= 4 is 27.6 Å². The largest absolute Gasteiger partial charge is 0.357 e. The van der Waals surface area contributed by atoms with E-state index >= 15 is 0 Å². The highest BCUT2D eigenvalue weighted by Crippen LogP contribution is 2.38. The molecular formula is C27H40N6O3S. The third-order valence-electron chi connectivity index (χ3n) is 8.11. The Bertz CT molecular complexity index is 1210. The molecule has 0 bridgehead atoms. The lowest BCUT2D eigenvalue weighted by atomic mass is 9.90. The second-order valence-electron chi connectivity index (χ2n) is 11.2. The molecular weight excluding hydrogens is 488 g/mol. The number of rotatable bonds is 8. The van der Waals surface area contributed by atoms with Crippen LogP contribution in [0.5, 0.6) is 0 Å². The van der Waals surface area contributed by atoms with Crippen molar-refractivity contribution in [2.75, 3.05) is 50.1 Å². The minimum atomic E-state index is -4.17. The number of nitrogens with zero attached hydrogens (tertiary/aromatic N) is 5. The van der Waals surface area contributed by atoms with Crippen molar-refractivity contribution in [2.24, 2.45) is 11.8 Å². The highest BCUT2D eigenvalue weighted by atomic mass is 32.2. The zero-order valence-electron chi connectivity index (χ0n) is 22.6. The van der Waals surface area contributed by atoms with Crippen LogP contribution >= 0.6 is 0 Å².